The molecule has 1 unspecified atom stereocenters. The van der Waals surface area contributed by atoms with Gasteiger partial charge in [0.05, 0.1) is 12.7 Å². The highest BCUT2D eigenvalue weighted by Crippen LogP contribution is 2.30. The van der Waals surface area contributed by atoms with E-state index in [0.29, 0.717) is 37.4 Å². The van der Waals surface area contributed by atoms with Crippen molar-refractivity contribution >= 4 is 11.8 Å². The lowest BCUT2D eigenvalue weighted by Crippen LogP contribution is -2.61. The van der Waals surface area contributed by atoms with Gasteiger partial charge in [-0.05, 0) is 51.0 Å². The van der Waals surface area contributed by atoms with Crippen LogP contribution in [-0.2, 0) is 4.79 Å². The molecule has 2 fully saturated rings. The largest absolute Gasteiger partial charge is 0.497 e. The van der Waals surface area contributed by atoms with Crippen molar-refractivity contribution in [3.63, 3.8) is 0 Å². The van der Waals surface area contributed by atoms with Gasteiger partial charge >= 0.3 is 0 Å². The topological polar surface area (TPSA) is 70.1 Å². The highest BCUT2D eigenvalue weighted by Gasteiger charge is 2.44. The monoisotopic (exact) mass is 346 g/mol. The molecule has 6 nitrogen and oxygen atoms in total. The van der Waals surface area contributed by atoms with Crippen LogP contribution < -0.4 is 4.74 Å². The Morgan fingerprint density at radius 3 is 2.40 bits per heavy atom. The standard InChI is InChI=1S/C19H26N2O4/c1-19(2,24)14-11-20(12-14)18(23)16-5-4-10-21(16)17(22)13-6-8-15(25-3)9-7-13/h6-9,14,16,24H,4-5,10-12H2,1-3H3. The van der Waals surface area contributed by atoms with Crippen molar-refractivity contribution in [2.75, 3.05) is 26.7 Å². The molecule has 0 bridgehead atoms. The van der Waals surface area contributed by atoms with Crippen molar-refractivity contribution in [1.29, 1.82) is 0 Å². The summed E-state index contributed by atoms with van der Waals surface area (Å²) in [4.78, 5) is 29.0. The lowest BCUT2D eigenvalue weighted by Gasteiger charge is -2.46. The van der Waals surface area contributed by atoms with Crippen molar-refractivity contribution in [3.05, 3.63) is 29.8 Å². The molecule has 25 heavy (non-hydrogen) atoms. The zero-order valence-corrected chi connectivity index (χ0v) is 15.1. The van der Waals surface area contributed by atoms with Gasteiger partial charge in [0.2, 0.25) is 5.91 Å². The summed E-state index contributed by atoms with van der Waals surface area (Å²) in [6.07, 6.45) is 1.53. The first-order valence-electron chi connectivity index (χ1n) is 8.77. The lowest BCUT2D eigenvalue weighted by molar-refractivity contribution is -0.148. The summed E-state index contributed by atoms with van der Waals surface area (Å²) in [6.45, 7) is 5.26. The number of nitrogens with zero attached hydrogens (tertiary/aromatic N) is 2. The fourth-order valence-corrected chi connectivity index (χ4v) is 3.48. The molecular formula is C19H26N2O4. The van der Waals surface area contributed by atoms with Crippen LogP contribution in [0.5, 0.6) is 5.75 Å². The Morgan fingerprint density at radius 1 is 1.20 bits per heavy atom. The van der Waals surface area contributed by atoms with E-state index >= 15 is 0 Å². The predicted molar refractivity (Wildman–Crippen MR) is 93.4 cm³/mol. The van der Waals surface area contributed by atoms with Crippen molar-refractivity contribution in [3.8, 4) is 5.75 Å². The average Bonchev–Trinajstić information content (AvgIpc) is 3.01. The van der Waals surface area contributed by atoms with E-state index in [1.54, 1.807) is 55.0 Å². The lowest BCUT2D eigenvalue weighted by atomic mass is 9.84. The summed E-state index contributed by atoms with van der Waals surface area (Å²) in [5, 5.41) is 10.0. The quantitative estimate of drug-likeness (QED) is 0.898. The van der Waals surface area contributed by atoms with Crippen LogP contribution >= 0.6 is 0 Å². The zero-order chi connectivity index (χ0) is 18.2. The van der Waals surface area contributed by atoms with Crippen LogP contribution in [-0.4, -0.2) is 65.1 Å². The summed E-state index contributed by atoms with van der Waals surface area (Å²) in [5.41, 5.74) is -0.205. The number of carbonyl (C=O) groups excluding carboxylic acids is 2. The minimum absolute atomic E-state index is 0.000128. The van der Waals surface area contributed by atoms with Gasteiger partial charge in [0, 0.05) is 31.1 Å². The smallest absolute Gasteiger partial charge is 0.254 e. The number of aliphatic hydroxyl groups is 1. The maximum absolute atomic E-state index is 12.8. The molecule has 2 amide bonds. The van der Waals surface area contributed by atoms with Crippen LogP contribution in [0.2, 0.25) is 0 Å². The van der Waals surface area contributed by atoms with E-state index in [-0.39, 0.29) is 17.7 Å². The van der Waals surface area contributed by atoms with E-state index in [2.05, 4.69) is 0 Å². The first-order valence-corrected chi connectivity index (χ1v) is 8.77. The molecule has 1 atom stereocenters. The number of carbonyl (C=O) groups is 2. The summed E-state index contributed by atoms with van der Waals surface area (Å²) in [5.74, 6) is 0.686. The minimum Gasteiger partial charge on any atom is -0.497 e. The number of hydrogen-bond acceptors (Lipinski definition) is 4. The molecule has 2 heterocycles. The third kappa shape index (κ3) is 3.49. The SMILES string of the molecule is COc1ccc(C(=O)N2CCCC2C(=O)N2CC(C(C)(C)O)C2)cc1. The minimum atomic E-state index is -0.773. The van der Waals surface area contributed by atoms with E-state index in [1.165, 1.54) is 0 Å². The molecule has 0 radical (unpaired) electrons. The highest BCUT2D eigenvalue weighted by molar-refractivity contribution is 5.98. The molecular weight excluding hydrogens is 320 g/mol. The summed E-state index contributed by atoms with van der Waals surface area (Å²) in [7, 11) is 1.58. The second-order valence-corrected chi connectivity index (χ2v) is 7.48. The maximum Gasteiger partial charge on any atom is 0.254 e. The number of hydrogen-bond donors (Lipinski definition) is 1. The Bertz CT molecular complexity index is 644. The van der Waals surface area contributed by atoms with Gasteiger partial charge in [-0.1, -0.05) is 0 Å². The fourth-order valence-electron chi connectivity index (χ4n) is 3.48. The molecule has 0 saturated carbocycles. The summed E-state index contributed by atoms with van der Waals surface area (Å²) >= 11 is 0. The Kier molecular flexibility index (Phi) is 4.73. The summed E-state index contributed by atoms with van der Waals surface area (Å²) < 4.78 is 5.12. The fraction of sp³-hybridized carbons (Fsp3) is 0.579. The van der Waals surface area contributed by atoms with E-state index in [4.69, 9.17) is 4.74 Å². The highest BCUT2D eigenvalue weighted by atomic mass is 16.5. The molecule has 0 spiro atoms. The van der Waals surface area contributed by atoms with Crippen LogP contribution in [0.1, 0.15) is 37.0 Å². The van der Waals surface area contributed by atoms with Gasteiger partial charge in [0.1, 0.15) is 11.8 Å². The van der Waals surface area contributed by atoms with E-state index in [9.17, 15) is 14.7 Å². The molecule has 136 valence electrons. The molecule has 0 aromatic heterocycles. The van der Waals surface area contributed by atoms with Crippen molar-refractivity contribution in [2.45, 2.75) is 38.3 Å². The van der Waals surface area contributed by atoms with Gasteiger partial charge in [-0.2, -0.15) is 0 Å². The molecule has 1 aromatic rings. The Hall–Kier alpha value is -2.08. The number of methoxy groups -OCH3 is 1. The maximum atomic E-state index is 12.8. The first-order chi connectivity index (χ1) is 11.8. The number of benzene rings is 1. The third-order valence-electron chi connectivity index (χ3n) is 5.33. The number of rotatable bonds is 4. The third-order valence-corrected chi connectivity index (χ3v) is 5.33. The van der Waals surface area contributed by atoms with Crippen LogP contribution in [0.4, 0.5) is 0 Å². The van der Waals surface area contributed by atoms with E-state index in [0.717, 1.165) is 6.42 Å². The molecule has 6 heteroatoms. The normalized spacial score (nSPS) is 21.2. The van der Waals surface area contributed by atoms with E-state index in [1.807, 2.05) is 0 Å². The van der Waals surface area contributed by atoms with Crippen molar-refractivity contribution in [1.82, 2.24) is 9.80 Å². The zero-order valence-electron chi connectivity index (χ0n) is 15.1. The van der Waals surface area contributed by atoms with Gasteiger partial charge in [-0.15, -0.1) is 0 Å². The predicted octanol–water partition coefficient (Wildman–Crippen LogP) is 1.53. The average molecular weight is 346 g/mol. The number of ether oxygens (including phenoxy) is 1. The van der Waals surface area contributed by atoms with Gasteiger partial charge in [0.15, 0.2) is 0 Å². The molecule has 2 saturated heterocycles. The number of amides is 2. The summed E-state index contributed by atoms with van der Waals surface area (Å²) in [6, 6.07) is 6.58. The molecule has 1 aromatic carbocycles. The van der Waals surface area contributed by atoms with Crippen molar-refractivity contribution in [2.24, 2.45) is 5.92 Å². The van der Waals surface area contributed by atoms with E-state index < -0.39 is 11.6 Å². The van der Waals surface area contributed by atoms with Gasteiger partial charge in [-0.25, -0.2) is 0 Å². The molecule has 0 aliphatic carbocycles. The Balaban J connectivity index is 1.66. The van der Waals surface area contributed by atoms with Crippen molar-refractivity contribution < 1.29 is 19.4 Å². The molecule has 3 rings (SSSR count). The second kappa shape index (κ2) is 6.67. The Labute approximate surface area is 148 Å². The number of likely N-dealkylation sites (tertiary alicyclic amines) is 2. The molecule has 2 aliphatic heterocycles. The molecule has 1 N–H and O–H groups in total. The second-order valence-electron chi connectivity index (χ2n) is 7.48. The van der Waals surface area contributed by atoms with Gasteiger partial charge in [0.25, 0.3) is 5.91 Å². The van der Waals surface area contributed by atoms with Crippen LogP contribution in [0.25, 0.3) is 0 Å². The van der Waals surface area contributed by atoms with Gasteiger partial charge < -0.3 is 19.6 Å². The van der Waals surface area contributed by atoms with Crippen LogP contribution in [0.3, 0.4) is 0 Å². The van der Waals surface area contributed by atoms with Crippen LogP contribution in [0.15, 0.2) is 24.3 Å². The Morgan fingerprint density at radius 2 is 1.84 bits per heavy atom. The van der Waals surface area contributed by atoms with Crippen LogP contribution in [0, 0.1) is 5.92 Å². The molecule has 2 aliphatic rings. The van der Waals surface area contributed by atoms with Gasteiger partial charge in [-0.3, -0.25) is 9.59 Å². The first kappa shape index (κ1) is 17.7.